The fourth-order valence-corrected chi connectivity index (χ4v) is 3.15. The van der Waals surface area contributed by atoms with E-state index >= 15 is 0 Å². The largest absolute Gasteiger partial charge is 0.489 e. The van der Waals surface area contributed by atoms with Crippen LogP contribution < -0.4 is 15.5 Å². The number of carbonyl (C=O) groups excluding carboxylic acids is 2. The van der Waals surface area contributed by atoms with Gasteiger partial charge >= 0.3 is 0 Å². The van der Waals surface area contributed by atoms with Gasteiger partial charge in [0.15, 0.2) is 0 Å². The van der Waals surface area contributed by atoms with Crippen molar-refractivity contribution in [3.05, 3.63) is 65.7 Å². The number of hydrogen-bond donors (Lipinski definition) is 2. The molecule has 0 aliphatic carbocycles. The second kappa shape index (κ2) is 15.6. The number of unbranched alkanes of at least 4 members (excludes halogenated alkanes) is 6. The van der Waals surface area contributed by atoms with Gasteiger partial charge in [-0.05, 0) is 29.7 Å². The average molecular weight is 438 g/mol. The first-order chi connectivity index (χ1) is 15.7. The van der Waals surface area contributed by atoms with E-state index in [-0.39, 0.29) is 18.4 Å². The number of nitrogens with zero attached hydrogens (tertiary/aromatic N) is 1. The molecule has 172 valence electrons. The van der Waals surface area contributed by atoms with E-state index in [0.29, 0.717) is 13.0 Å². The van der Waals surface area contributed by atoms with Crippen molar-refractivity contribution in [3.63, 3.8) is 0 Å². The molecule has 0 fully saturated rings. The Morgan fingerprint density at radius 2 is 1.66 bits per heavy atom. The Morgan fingerprint density at radius 3 is 2.44 bits per heavy atom. The van der Waals surface area contributed by atoms with Crippen LogP contribution in [-0.4, -0.2) is 24.6 Å². The van der Waals surface area contributed by atoms with E-state index in [9.17, 15) is 9.59 Å². The quantitative estimate of drug-likeness (QED) is 0.234. The zero-order valence-electron chi connectivity index (χ0n) is 19.0. The zero-order valence-corrected chi connectivity index (χ0v) is 19.0. The Kier molecular flexibility index (Phi) is 12.3. The van der Waals surface area contributed by atoms with Crippen LogP contribution in [0.4, 0.5) is 0 Å². The van der Waals surface area contributed by atoms with Crippen LogP contribution in [0, 0.1) is 0 Å². The van der Waals surface area contributed by atoms with Crippen molar-refractivity contribution in [1.82, 2.24) is 10.7 Å². The van der Waals surface area contributed by atoms with Crippen LogP contribution >= 0.6 is 0 Å². The standard InChI is InChI=1S/C26H35N3O3/c1-2-3-4-5-6-7-11-17-25(30)27-20-26(31)29-28-19-23-15-12-16-24(18-23)32-21-22-13-9-8-10-14-22/h8-10,12-16,18-19H,2-7,11,17,20-21H2,1H3,(H,27,30)(H,29,31)/b28-19-. The molecule has 0 saturated heterocycles. The van der Waals surface area contributed by atoms with Crippen molar-refractivity contribution < 1.29 is 14.3 Å². The molecule has 0 aliphatic rings. The van der Waals surface area contributed by atoms with Crippen molar-refractivity contribution >= 4 is 18.0 Å². The van der Waals surface area contributed by atoms with Crippen LogP contribution in [0.5, 0.6) is 5.75 Å². The van der Waals surface area contributed by atoms with Crippen LogP contribution in [0.3, 0.4) is 0 Å². The molecule has 0 saturated carbocycles. The van der Waals surface area contributed by atoms with E-state index in [0.717, 1.165) is 29.7 Å². The maximum absolute atomic E-state index is 11.9. The van der Waals surface area contributed by atoms with Crippen LogP contribution in [0.1, 0.15) is 69.4 Å². The lowest BCUT2D eigenvalue weighted by Crippen LogP contribution is -2.34. The number of ether oxygens (including phenoxy) is 1. The summed E-state index contributed by atoms with van der Waals surface area (Å²) in [6, 6.07) is 17.4. The Morgan fingerprint density at radius 1 is 0.906 bits per heavy atom. The highest BCUT2D eigenvalue weighted by Crippen LogP contribution is 2.14. The lowest BCUT2D eigenvalue weighted by molar-refractivity contribution is -0.126. The molecule has 6 nitrogen and oxygen atoms in total. The molecule has 6 heteroatoms. The van der Waals surface area contributed by atoms with Gasteiger partial charge in [-0.3, -0.25) is 9.59 Å². The van der Waals surface area contributed by atoms with Crippen molar-refractivity contribution in [3.8, 4) is 5.75 Å². The molecule has 0 heterocycles. The van der Waals surface area contributed by atoms with Gasteiger partial charge in [-0.1, -0.05) is 87.9 Å². The summed E-state index contributed by atoms with van der Waals surface area (Å²) in [5.74, 6) is 0.272. The van der Waals surface area contributed by atoms with E-state index in [1.165, 1.54) is 32.1 Å². The van der Waals surface area contributed by atoms with Gasteiger partial charge in [0.2, 0.25) is 5.91 Å². The van der Waals surface area contributed by atoms with Gasteiger partial charge in [0.05, 0.1) is 12.8 Å². The van der Waals surface area contributed by atoms with Crippen molar-refractivity contribution in [2.75, 3.05) is 6.54 Å². The Labute approximate surface area is 191 Å². The van der Waals surface area contributed by atoms with Crippen molar-refractivity contribution in [2.45, 2.75) is 64.9 Å². The molecule has 2 N–H and O–H groups in total. The maximum atomic E-state index is 11.9. The van der Waals surface area contributed by atoms with E-state index < -0.39 is 0 Å². The summed E-state index contributed by atoms with van der Waals surface area (Å²) in [7, 11) is 0. The summed E-state index contributed by atoms with van der Waals surface area (Å²) in [5, 5.41) is 6.60. The predicted octanol–water partition coefficient (Wildman–Crippen LogP) is 4.97. The number of amides is 2. The zero-order chi connectivity index (χ0) is 22.9. The number of carbonyl (C=O) groups is 2. The SMILES string of the molecule is CCCCCCCCCC(=O)NCC(=O)N/N=C\c1cccc(OCc2ccccc2)c1. The lowest BCUT2D eigenvalue weighted by Gasteiger charge is -2.07. The Bertz CT molecular complexity index is 837. The second-order valence-corrected chi connectivity index (χ2v) is 7.79. The first kappa shape index (κ1) is 25.1. The third kappa shape index (κ3) is 11.3. The Balaban J connectivity index is 1.61. The molecule has 0 spiro atoms. The number of nitrogens with one attached hydrogen (secondary N) is 2. The van der Waals surface area contributed by atoms with Gasteiger partial charge in [-0.25, -0.2) is 5.43 Å². The molecule has 0 radical (unpaired) electrons. The van der Waals surface area contributed by atoms with Crippen molar-refractivity contribution in [1.29, 1.82) is 0 Å². The fraction of sp³-hybridized carbons (Fsp3) is 0.423. The highest BCUT2D eigenvalue weighted by molar-refractivity contribution is 5.86. The molecule has 32 heavy (non-hydrogen) atoms. The minimum Gasteiger partial charge on any atom is -0.489 e. The molecule has 0 unspecified atom stereocenters. The van der Waals surface area contributed by atoms with E-state index in [1.807, 2.05) is 54.6 Å². The van der Waals surface area contributed by atoms with Crippen LogP contribution in [-0.2, 0) is 16.2 Å². The van der Waals surface area contributed by atoms with E-state index in [4.69, 9.17) is 4.74 Å². The molecule has 0 atom stereocenters. The third-order valence-corrected chi connectivity index (χ3v) is 4.96. The normalized spacial score (nSPS) is 10.8. The molecular weight excluding hydrogens is 402 g/mol. The first-order valence-electron chi connectivity index (χ1n) is 11.5. The molecule has 2 amide bonds. The van der Waals surface area contributed by atoms with Crippen molar-refractivity contribution in [2.24, 2.45) is 5.10 Å². The summed E-state index contributed by atoms with van der Waals surface area (Å²) >= 11 is 0. The number of rotatable bonds is 15. The van der Waals surface area contributed by atoms with Gasteiger partial charge in [-0.15, -0.1) is 0 Å². The molecule has 0 aliphatic heterocycles. The maximum Gasteiger partial charge on any atom is 0.259 e. The summed E-state index contributed by atoms with van der Waals surface area (Å²) in [4.78, 5) is 23.7. The van der Waals surface area contributed by atoms with Gasteiger partial charge in [0.1, 0.15) is 12.4 Å². The smallest absolute Gasteiger partial charge is 0.259 e. The lowest BCUT2D eigenvalue weighted by atomic mass is 10.1. The monoisotopic (exact) mass is 437 g/mol. The summed E-state index contributed by atoms with van der Waals surface area (Å²) in [6.45, 7) is 2.61. The predicted molar refractivity (Wildman–Crippen MR) is 129 cm³/mol. The van der Waals surface area contributed by atoms with Gasteiger partial charge in [0.25, 0.3) is 5.91 Å². The number of benzene rings is 2. The third-order valence-electron chi connectivity index (χ3n) is 4.96. The topological polar surface area (TPSA) is 79.8 Å². The molecule has 0 aromatic heterocycles. The molecule has 2 aromatic carbocycles. The Hall–Kier alpha value is -3.15. The molecule has 0 bridgehead atoms. The number of hydrogen-bond acceptors (Lipinski definition) is 4. The minimum atomic E-state index is -0.356. The number of hydrazone groups is 1. The summed E-state index contributed by atoms with van der Waals surface area (Å²) < 4.78 is 5.79. The molecule has 2 aromatic rings. The van der Waals surface area contributed by atoms with Gasteiger partial charge in [0, 0.05) is 6.42 Å². The van der Waals surface area contributed by atoms with E-state index in [1.54, 1.807) is 6.21 Å². The first-order valence-corrected chi connectivity index (χ1v) is 11.5. The van der Waals surface area contributed by atoms with Crippen LogP contribution in [0.15, 0.2) is 59.7 Å². The minimum absolute atomic E-state index is 0.0765. The van der Waals surface area contributed by atoms with Crippen LogP contribution in [0.25, 0.3) is 0 Å². The summed E-state index contributed by atoms with van der Waals surface area (Å²) in [6.07, 6.45) is 10.1. The molecule has 2 rings (SSSR count). The van der Waals surface area contributed by atoms with E-state index in [2.05, 4.69) is 22.8 Å². The fourth-order valence-electron chi connectivity index (χ4n) is 3.15. The highest BCUT2D eigenvalue weighted by atomic mass is 16.5. The van der Waals surface area contributed by atoms with Gasteiger partial charge < -0.3 is 10.1 Å². The molecular formula is C26H35N3O3. The second-order valence-electron chi connectivity index (χ2n) is 7.79. The summed E-state index contributed by atoms with van der Waals surface area (Å²) in [5.41, 5.74) is 4.33. The average Bonchev–Trinajstić information content (AvgIpc) is 2.82. The highest BCUT2D eigenvalue weighted by Gasteiger charge is 2.04. The van der Waals surface area contributed by atoms with Gasteiger partial charge in [-0.2, -0.15) is 5.10 Å². The van der Waals surface area contributed by atoms with Crippen LogP contribution in [0.2, 0.25) is 0 Å².